The fraction of sp³-hybridized carbons (Fsp3) is 0.500. The topological polar surface area (TPSA) is 49.3 Å². The molecule has 1 saturated heterocycles. The average Bonchev–Trinajstić information content (AvgIpc) is 3.15. The average molecular weight is 379 g/mol. The van der Waals surface area contributed by atoms with Crippen molar-refractivity contribution in [2.75, 3.05) is 33.2 Å². The van der Waals surface area contributed by atoms with Crippen molar-refractivity contribution in [3.63, 3.8) is 0 Å². The lowest BCUT2D eigenvalue weighted by Crippen LogP contribution is -2.42. The predicted octanol–water partition coefficient (Wildman–Crippen LogP) is 3.22. The van der Waals surface area contributed by atoms with Crippen LogP contribution in [-0.2, 0) is 6.42 Å². The minimum absolute atomic E-state index is 0.0352. The number of halogens is 1. The van der Waals surface area contributed by atoms with E-state index in [-0.39, 0.29) is 5.91 Å². The van der Waals surface area contributed by atoms with Gasteiger partial charge < -0.3 is 9.80 Å². The normalized spacial score (nSPS) is 18.2. The number of likely N-dealkylation sites (tertiary alicyclic amines) is 1. The summed E-state index contributed by atoms with van der Waals surface area (Å²) in [6, 6.07) is 8.09. The van der Waals surface area contributed by atoms with Crippen LogP contribution < -0.4 is 0 Å². The monoisotopic (exact) mass is 378 g/mol. The molecular formula is C18H23ClN4OS. The van der Waals surface area contributed by atoms with Crippen LogP contribution in [0.3, 0.4) is 0 Å². The Hall–Kier alpha value is -1.50. The molecule has 134 valence electrons. The zero-order chi connectivity index (χ0) is 17.6. The summed E-state index contributed by atoms with van der Waals surface area (Å²) in [6.45, 7) is 4.00. The van der Waals surface area contributed by atoms with E-state index in [1.54, 1.807) is 11.1 Å². The zero-order valence-electron chi connectivity index (χ0n) is 14.4. The van der Waals surface area contributed by atoms with Crippen LogP contribution in [0.5, 0.6) is 0 Å². The first kappa shape index (κ1) is 18.3. The number of carbonyl (C=O) groups excluding carboxylic acids is 1. The number of piperidine rings is 1. The van der Waals surface area contributed by atoms with Crippen LogP contribution in [0.25, 0.3) is 0 Å². The van der Waals surface area contributed by atoms with Crippen LogP contribution in [-0.4, -0.2) is 57.7 Å². The number of hydrogen-bond acceptors (Lipinski definition) is 5. The highest BCUT2D eigenvalue weighted by atomic mass is 35.5. The summed E-state index contributed by atoms with van der Waals surface area (Å²) in [6.07, 6.45) is 4.93. The molecule has 0 radical (unpaired) electrons. The van der Waals surface area contributed by atoms with E-state index in [9.17, 15) is 4.79 Å². The van der Waals surface area contributed by atoms with Crippen LogP contribution >= 0.6 is 23.3 Å². The Morgan fingerprint density at radius 3 is 2.92 bits per heavy atom. The summed E-state index contributed by atoms with van der Waals surface area (Å²) < 4.78 is 7.94. The van der Waals surface area contributed by atoms with Gasteiger partial charge >= 0.3 is 0 Å². The number of aromatic nitrogens is 2. The molecule has 0 N–H and O–H groups in total. The van der Waals surface area contributed by atoms with Crippen molar-refractivity contribution in [3.8, 4) is 0 Å². The first-order valence-corrected chi connectivity index (χ1v) is 9.72. The number of amides is 1. The Bertz CT molecular complexity index is 677. The van der Waals surface area contributed by atoms with Crippen molar-refractivity contribution in [3.05, 3.63) is 46.7 Å². The fourth-order valence-corrected chi connectivity index (χ4v) is 3.90. The maximum atomic E-state index is 12.3. The summed E-state index contributed by atoms with van der Waals surface area (Å²) in [4.78, 5) is 16.6. The summed E-state index contributed by atoms with van der Waals surface area (Å²) in [5, 5.41) is 0.782. The molecule has 2 aromatic rings. The van der Waals surface area contributed by atoms with E-state index in [4.69, 9.17) is 11.6 Å². The van der Waals surface area contributed by atoms with E-state index in [0.29, 0.717) is 11.6 Å². The molecule has 0 aliphatic carbocycles. The van der Waals surface area contributed by atoms with Gasteiger partial charge in [-0.2, -0.15) is 8.75 Å². The van der Waals surface area contributed by atoms with Gasteiger partial charge in [-0.3, -0.25) is 4.79 Å². The molecule has 1 aliphatic heterocycles. The van der Waals surface area contributed by atoms with E-state index >= 15 is 0 Å². The van der Waals surface area contributed by atoms with Gasteiger partial charge in [0.05, 0.1) is 17.9 Å². The summed E-state index contributed by atoms with van der Waals surface area (Å²) in [5.41, 5.74) is 1.76. The predicted molar refractivity (Wildman–Crippen MR) is 101 cm³/mol. The van der Waals surface area contributed by atoms with Crippen molar-refractivity contribution < 1.29 is 4.79 Å². The second-order valence-electron chi connectivity index (χ2n) is 6.66. The van der Waals surface area contributed by atoms with Crippen LogP contribution in [0.2, 0.25) is 5.02 Å². The fourth-order valence-electron chi connectivity index (χ4n) is 3.37. The third kappa shape index (κ3) is 5.23. The van der Waals surface area contributed by atoms with Gasteiger partial charge in [-0.15, -0.1) is 0 Å². The Morgan fingerprint density at radius 2 is 2.20 bits per heavy atom. The molecule has 1 amide bonds. The Kier molecular flexibility index (Phi) is 6.39. The van der Waals surface area contributed by atoms with E-state index in [1.807, 2.05) is 19.2 Å². The van der Waals surface area contributed by atoms with Gasteiger partial charge in [0.1, 0.15) is 0 Å². The van der Waals surface area contributed by atoms with E-state index in [0.717, 1.165) is 49.4 Å². The van der Waals surface area contributed by atoms with Gasteiger partial charge in [0.15, 0.2) is 5.69 Å². The highest BCUT2D eigenvalue weighted by Crippen LogP contribution is 2.19. The highest BCUT2D eigenvalue weighted by molar-refractivity contribution is 6.99. The third-order valence-corrected chi connectivity index (χ3v) is 5.42. The Balaban J connectivity index is 1.47. The maximum absolute atomic E-state index is 12.3. The van der Waals surface area contributed by atoms with E-state index < -0.39 is 0 Å². The second kappa shape index (κ2) is 8.74. The molecule has 25 heavy (non-hydrogen) atoms. The van der Waals surface area contributed by atoms with Crippen LogP contribution in [0.1, 0.15) is 28.9 Å². The Labute approximate surface area is 157 Å². The largest absolute Gasteiger partial charge is 0.340 e. The SMILES string of the molecule is CN(CC1CCCN(CCc2ccc(Cl)cc2)C1)C(=O)c1cnsn1. The Morgan fingerprint density at radius 1 is 1.40 bits per heavy atom. The zero-order valence-corrected chi connectivity index (χ0v) is 16.0. The van der Waals surface area contributed by atoms with Crippen molar-refractivity contribution in [2.24, 2.45) is 5.92 Å². The molecule has 1 aromatic carbocycles. The molecule has 1 fully saturated rings. The van der Waals surface area contributed by atoms with Gasteiger partial charge in [-0.25, -0.2) is 0 Å². The lowest BCUT2D eigenvalue weighted by Gasteiger charge is -2.34. The first-order valence-electron chi connectivity index (χ1n) is 8.61. The van der Waals surface area contributed by atoms with E-state index in [2.05, 4.69) is 25.8 Å². The number of nitrogens with zero attached hydrogens (tertiary/aromatic N) is 4. The summed E-state index contributed by atoms with van der Waals surface area (Å²) in [5.74, 6) is 0.478. The van der Waals surface area contributed by atoms with Gasteiger partial charge in [-0.1, -0.05) is 23.7 Å². The summed E-state index contributed by atoms with van der Waals surface area (Å²) >= 11 is 7.01. The lowest BCUT2D eigenvalue weighted by atomic mass is 9.97. The number of carbonyl (C=O) groups is 1. The quantitative estimate of drug-likeness (QED) is 0.774. The van der Waals surface area contributed by atoms with Crippen molar-refractivity contribution >= 4 is 29.2 Å². The number of rotatable bonds is 6. The standard InChI is InChI=1S/C18H23ClN4OS/c1-22(18(24)17-11-20-25-21-17)12-15-3-2-9-23(13-15)10-8-14-4-6-16(19)7-5-14/h4-7,11,15H,2-3,8-10,12-13H2,1H3. The lowest BCUT2D eigenvalue weighted by molar-refractivity contribution is 0.0726. The van der Waals surface area contributed by atoms with E-state index in [1.165, 1.54) is 18.4 Å². The number of hydrogen-bond donors (Lipinski definition) is 0. The van der Waals surface area contributed by atoms with Crippen molar-refractivity contribution in [1.29, 1.82) is 0 Å². The van der Waals surface area contributed by atoms with Gasteiger partial charge in [0.2, 0.25) is 0 Å². The minimum Gasteiger partial charge on any atom is -0.340 e. The molecule has 1 aromatic heterocycles. The smallest absolute Gasteiger partial charge is 0.274 e. The molecule has 2 heterocycles. The number of benzene rings is 1. The van der Waals surface area contributed by atoms with Crippen LogP contribution in [0.4, 0.5) is 0 Å². The molecule has 1 unspecified atom stereocenters. The second-order valence-corrected chi connectivity index (χ2v) is 7.66. The minimum atomic E-state index is -0.0352. The molecule has 5 nitrogen and oxygen atoms in total. The molecule has 0 bridgehead atoms. The van der Waals surface area contributed by atoms with Crippen LogP contribution in [0.15, 0.2) is 30.5 Å². The third-order valence-electron chi connectivity index (χ3n) is 4.69. The first-order chi connectivity index (χ1) is 12.1. The maximum Gasteiger partial charge on any atom is 0.274 e. The molecule has 0 saturated carbocycles. The molecule has 7 heteroatoms. The van der Waals surface area contributed by atoms with Crippen LogP contribution in [0, 0.1) is 5.92 Å². The van der Waals surface area contributed by atoms with Gasteiger partial charge in [-0.05, 0) is 49.4 Å². The molecule has 3 rings (SSSR count). The molecular weight excluding hydrogens is 356 g/mol. The molecule has 1 atom stereocenters. The highest BCUT2D eigenvalue weighted by Gasteiger charge is 2.23. The van der Waals surface area contributed by atoms with Gasteiger partial charge in [0, 0.05) is 31.7 Å². The van der Waals surface area contributed by atoms with Crippen molar-refractivity contribution in [1.82, 2.24) is 18.5 Å². The summed E-state index contributed by atoms with van der Waals surface area (Å²) in [7, 11) is 1.86. The molecule has 0 spiro atoms. The molecule has 1 aliphatic rings. The van der Waals surface area contributed by atoms with Gasteiger partial charge in [0.25, 0.3) is 5.91 Å². The van der Waals surface area contributed by atoms with Crippen molar-refractivity contribution in [2.45, 2.75) is 19.3 Å².